The van der Waals surface area contributed by atoms with Gasteiger partial charge in [0.2, 0.25) is 11.8 Å². The van der Waals surface area contributed by atoms with Gasteiger partial charge in [-0.25, -0.2) is 0 Å². The maximum absolute atomic E-state index is 8.98. The van der Waals surface area contributed by atoms with Crippen molar-refractivity contribution in [2.75, 3.05) is 42.4 Å². The number of aromatic nitrogens is 3. The molecule has 0 spiro atoms. The number of fused-ring (bicyclic) bond motifs is 1. The van der Waals surface area contributed by atoms with E-state index in [-0.39, 0.29) is 0 Å². The lowest BCUT2D eigenvalue weighted by molar-refractivity contribution is 0.473. The Labute approximate surface area is 179 Å². The molecule has 0 bridgehead atoms. The van der Waals surface area contributed by atoms with Crippen LogP contribution in [0.1, 0.15) is 5.56 Å². The summed E-state index contributed by atoms with van der Waals surface area (Å²) in [6.07, 6.45) is 1.79. The Bertz CT molecular complexity index is 1230. The zero-order valence-electron chi connectivity index (χ0n) is 17.4. The normalized spacial score (nSPS) is 10.4. The van der Waals surface area contributed by atoms with Gasteiger partial charge in [0.25, 0.3) is 0 Å². The molecule has 2 aromatic heterocycles. The van der Waals surface area contributed by atoms with E-state index in [1.54, 1.807) is 30.5 Å². The van der Waals surface area contributed by atoms with Crippen molar-refractivity contribution in [3.8, 4) is 17.7 Å². The maximum atomic E-state index is 8.98. The Morgan fingerprint density at radius 3 is 2.23 bits per heavy atom. The third-order valence-electron chi connectivity index (χ3n) is 4.77. The summed E-state index contributed by atoms with van der Waals surface area (Å²) in [7, 11) is 5.54. The average Bonchev–Trinajstić information content (AvgIpc) is 3.28. The highest BCUT2D eigenvalue weighted by Crippen LogP contribution is 2.40. The first-order valence-electron chi connectivity index (χ1n) is 9.66. The summed E-state index contributed by atoms with van der Waals surface area (Å²) in [5, 5.41) is 22.4. The molecule has 2 heterocycles. The standard InChI is InChI=1S/C22H22N8O/c1-24-15-10-17(25-2)19(18(11-15)26-3)31-21-16-8-9-27-20(16)29-22(30-21)28-14-6-4-13(12-23)5-7-14/h4-11,24-26H,1-3H3,(H2,27,28,29,30). The molecule has 31 heavy (non-hydrogen) atoms. The predicted molar refractivity (Wildman–Crippen MR) is 123 cm³/mol. The molecular formula is C22H22N8O. The van der Waals surface area contributed by atoms with Crippen molar-refractivity contribution in [3.05, 3.63) is 54.2 Å². The minimum atomic E-state index is 0.374. The van der Waals surface area contributed by atoms with Crippen LogP contribution in [0, 0.1) is 11.3 Å². The van der Waals surface area contributed by atoms with E-state index in [1.165, 1.54) is 0 Å². The maximum Gasteiger partial charge on any atom is 0.233 e. The Kier molecular flexibility index (Phi) is 5.45. The van der Waals surface area contributed by atoms with Crippen LogP contribution in [-0.2, 0) is 0 Å². The van der Waals surface area contributed by atoms with E-state index >= 15 is 0 Å². The van der Waals surface area contributed by atoms with Crippen molar-refractivity contribution < 1.29 is 4.74 Å². The fourth-order valence-electron chi connectivity index (χ4n) is 3.16. The van der Waals surface area contributed by atoms with Crippen LogP contribution in [-0.4, -0.2) is 36.1 Å². The summed E-state index contributed by atoms with van der Waals surface area (Å²) in [5.41, 5.74) is 4.55. The van der Waals surface area contributed by atoms with Crippen molar-refractivity contribution >= 4 is 39.7 Å². The number of benzene rings is 2. The van der Waals surface area contributed by atoms with Crippen molar-refractivity contribution in [1.29, 1.82) is 5.26 Å². The van der Waals surface area contributed by atoms with E-state index < -0.39 is 0 Å². The fourth-order valence-corrected chi connectivity index (χ4v) is 3.16. The van der Waals surface area contributed by atoms with E-state index in [2.05, 4.69) is 42.3 Å². The fraction of sp³-hybridized carbons (Fsp3) is 0.136. The molecule has 0 saturated carbocycles. The quantitative estimate of drug-likeness (QED) is 0.300. The van der Waals surface area contributed by atoms with Crippen LogP contribution in [0.2, 0.25) is 0 Å². The molecule has 4 aromatic rings. The minimum absolute atomic E-state index is 0.374. The van der Waals surface area contributed by atoms with Crippen LogP contribution < -0.4 is 26.0 Å². The van der Waals surface area contributed by atoms with E-state index in [9.17, 15) is 0 Å². The molecule has 0 aliphatic carbocycles. The average molecular weight is 414 g/mol. The molecule has 156 valence electrons. The number of nitrogens with one attached hydrogen (secondary N) is 5. The highest BCUT2D eigenvalue weighted by molar-refractivity contribution is 5.84. The van der Waals surface area contributed by atoms with Gasteiger partial charge in [-0.1, -0.05) is 0 Å². The third-order valence-corrected chi connectivity index (χ3v) is 4.77. The third kappa shape index (κ3) is 4.00. The number of hydrogen-bond acceptors (Lipinski definition) is 8. The molecule has 5 N–H and O–H groups in total. The van der Waals surface area contributed by atoms with Gasteiger partial charge in [-0.05, 0) is 42.5 Å². The Morgan fingerprint density at radius 1 is 0.903 bits per heavy atom. The molecule has 4 rings (SSSR count). The molecule has 0 amide bonds. The number of aromatic amines is 1. The SMILES string of the molecule is CNc1cc(NC)c(Oc2nc(Nc3ccc(C#N)cc3)nc3[nH]ccc23)c(NC)c1. The molecule has 9 nitrogen and oxygen atoms in total. The van der Waals surface area contributed by atoms with E-state index in [1.807, 2.05) is 39.3 Å². The van der Waals surface area contributed by atoms with Crippen molar-refractivity contribution in [1.82, 2.24) is 15.0 Å². The number of ether oxygens (including phenoxy) is 1. The minimum Gasteiger partial charge on any atom is -0.434 e. The number of rotatable bonds is 7. The van der Waals surface area contributed by atoms with E-state index in [0.29, 0.717) is 28.8 Å². The first kappa shape index (κ1) is 19.8. The predicted octanol–water partition coefficient (Wildman–Crippen LogP) is 4.49. The van der Waals surface area contributed by atoms with Gasteiger partial charge >= 0.3 is 0 Å². The van der Waals surface area contributed by atoms with Gasteiger partial charge < -0.3 is 31.0 Å². The van der Waals surface area contributed by atoms with Crippen LogP contribution in [0.3, 0.4) is 0 Å². The van der Waals surface area contributed by atoms with Gasteiger partial charge in [-0.3, -0.25) is 0 Å². The van der Waals surface area contributed by atoms with Crippen LogP contribution in [0.5, 0.6) is 11.6 Å². The first-order valence-corrected chi connectivity index (χ1v) is 9.66. The highest BCUT2D eigenvalue weighted by atomic mass is 16.5. The molecule has 0 aliphatic rings. The first-order chi connectivity index (χ1) is 15.1. The molecule has 9 heteroatoms. The Hall–Kier alpha value is -4.45. The molecule has 0 radical (unpaired) electrons. The zero-order chi connectivity index (χ0) is 21.8. The second-order valence-corrected chi connectivity index (χ2v) is 6.66. The van der Waals surface area contributed by atoms with Gasteiger partial charge in [0.15, 0.2) is 5.75 Å². The van der Waals surface area contributed by atoms with Crippen molar-refractivity contribution in [2.45, 2.75) is 0 Å². The summed E-state index contributed by atoms with van der Waals surface area (Å²) in [4.78, 5) is 12.2. The number of H-pyrrole nitrogens is 1. The van der Waals surface area contributed by atoms with E-state index in [0.717, 1.165) is 28.1 Å². The van der Waals surface area contributed by atoms with Crippen LogP contribution >= 0.6 is 0 Å². The highest BCUT2D eigenvalue weighted by Gasteiger charge is 2.17. The van der Waals surface area contributed by atoms with Gasteiger partial charge in [-0.15, -0.1) is 0 Å². The number of nitrogens with zero attached hydrogens (tertiary/aromatic N) is 3. The van der Waals surface area contributed by atoms with Gasteiger partial charge in [0.05, 0.1) is 28.4 Å². The second-order valence-electron chi connectivity index (χ2n) is 6.66. The molecule has 0 atom stereocenters. The lowest BCUT2D eigenvalue weighted by Gasteiger charge is -2.17. The molecule has 0 unspecified atom stereocenters. The lowest BCUT2D eigenvalue weighted by Crippen LogP contribution is -2.03. The largest absolute Gasteiger partial charge is 0.434 e. The van der Waals surface area contributed by atoms with Gasteiger partial charge in [0.1, 0.15) is 5.65 Å². The zero-order valence-corrected chi connectivity index (χ0v) is 17.4. The number of anilines is 5. The Balaban J connectivity index is 1.74. The van der Waals surface area contributed by atoms with Gasteiger partial charge in [-0.2, -0.15) is 15.2 Å². The summed E-state index contributed by atoms with van der Waals surface area (Å²) in [6, 6.07) is 15.0. The topological polar surface area (TPSA) is 123 Å². The molecule has 2 aromatic carbocycles. The molecular weight excluding hydrogens is 392 g/mol. The van der Waals surface area contributed by atoms with Crippen LogP contribution in [0.15, 0.2) is 48.7 Å². The molecule has 0 fully saturated rings. The monoisotopic (exact) mass is 414 g/mol. The summed E-state index contributed by atoms with van der Waals surface area (Å²) in [5.74, 6) is 1.40. The number of nitriles is 1. The van der Waals surface area contributed by atoms with E-state index in [4.69, 9.17) is 10.00 Å². The Morgan fingerprint density at radius 2 is 1.61 bits per heavy atom. The van der Waals surface area contributed by atoms with Crippen molar-refractivity contribution in [3.63, 3.8) is 0 Å². The van der Waals surface area contributed by atoms with Crippen LogP contribution in [0.25, 0.3) is 11.0 Å². The molecule has 0 saturated heterocycles. The van der Waals surface area contributed by atoms with Crippen molar-refractivity contribution in [2.24, 2.45) is 0 Å². The van der Waals surface area contributed by atoms with Crippen LogP contribution in [0.4, 0.5) is 28.7 Å². The smallest absolute Gasteiger partial charge is 0.233 e. The van der Waals surface area contributed by atoms with Gasteiger partial charge in [0, 0.05) is 38.7 Å². The lowest BCUT2D eigenvalue weighted by atomic mass is 10.2. The molecule has 0 aliphatic heterocycles. The second kappa shape index (κ2) is 8.51. The summed E-state index contributed by atoms with van der Waals surface area (Å²) in [6.45, 7) is 0. The summed E-state index contributed by atoms with van der Waals surface area (Å²) < 4.78 is 6.30. The number of hydrogen-bond donors (Lipinski definition) is 5. The summed E-state index contributed by atoms with van der Waals surface area (Å²) >= 11 is 0.